The zero-order valence-corrected chi connectivity index (χ0v) is 13.7. The molecule has 2 N–H and O–H groups in total. The van der Waals surface area contributed by atoms with Crippen molar-refractivity contribution in [2.75, 3.05) is 5.75 Å². The summed E-state index contributed by atoms with van der Waals surface area (Å²) in [6, 6.07) is 13.5. The third-order valence-electron chi connectivity index (χ3n) is 3.16. The molecule has 0 bridgehead atoms. The molecule has 2 aromatic carbocycles. The Morgan fingerprint density at radius 2 is 1.96 bits per heavy atom. The largest absolute Gasteiger partial charge is 0.478 e. The molecule has 0 atom stereocenters. The van der Waals surface area contributed by atoms with E-state index in [9.17, 15) is 9.59 Å². The van der Waals surface area contributed by atoms with Gasteiger partial charge < -0.3 is 9.52 Å². The predicted molar refractivity (Wildman–Crippen MR) is 93.9 cm³/mol. The summed E-state index contributed by atoms with van der Waals surface area (Å²) in [4.78, 5) is 26.8. The van der Waals surface area contributed by atoms with E-state index in [1.54, 1.807) is 12.1 Å². The Hall–Kier alpha value is -3.13. The van der Waals surface area contributed by atoms with Crippen LogP contribution in [0.1, 0.15) is 15.9 Å². The Balaban J connectivity index is 1.49. The number of nitrogens with one attached hydrogen (secondary N) is 1. The van der Waals surface area contributed by atoms with E-state index in [0.29, 0.717) is 16.4 Å². The third-order valence-corrected chi connectivity index (χ3v) is 3.99. The molecule has 25 heavy (non-hydrogen) atoms. The van der Waals surface area contributed by atoms with Gasteiger partial charge in [-0.3, -0.25) is 4.79 Å². The van der Waals surface area contributed by atoms with Gasteiger partial charge in [0, 0.05) is 0 Å². The highest BCUT2D eigenvalue weighted by atomic mass is 32.2. The van der Waals surface area contributed by atoms with Crippen LogP contribution < -0.4 is 5.43 Å². The highest BCUT2D eigenvalue weighted by Crippen LogP contribution is 2.22. The molecule has 0 fully saturated rings. The minimum absolute atomic E-state index is 0.113. The van der Waals surface area contributed by atoms with E-state index >= 15 is 0 Å². The van der Waals surface area contributed by atoms with Gasteiger partial charge in [0.2, 0.25) is 0 Å². The lowest BCUT2D eigenvalue weighted by Gasteiger charge is -1.98. The fraction of sp³-hybridized carbons (Fsp3) is 0.0588. The first kappa shape index (κ1) is 16.7. The number of rotatable bonds is 6. The molecule has 0 aliphatic carbocycles. The highest BCUT2D eigenvalue weighted by molar-refractivity contribution is 7.99. The van der Waals surface area contributed by atoms with Gasteiger partial charge in [-0.05, 0) is 29.8 Å². The molecule has 0 unspecified atom stereocenters. The molecule has 0 saturated heterocycles. The Bertz CT molecular complexity index is 901. The lowest BCUT2D eigenvalue weighted by Crippen LogP contribution is -2.19. The van der Waals surface area contributed by atoms with Crippen molar-refractivity contribution in [1.29, 1.82) is 0 Å². The SMILES string of the molecule is O=C(CSc1nc2ccccc2o1)N/N=C\c1ccc(C(=O)O)cc1. The topological polar surface area (TPSA) is 105 Å². The average Bonchev–Trinajstić information content (AvgIpc) is 3.03. The maximum absolute atomic E-state index is 11.8. The van der Waals surface area contributed by atoms with Gasteiger partial charge in [0.1, 0.15) is 5.52 Å². The highest BCUT2D eigenvalue weighted by Gasteiger charge is 2.08. The van der Waals surface area contributed by atoms with Crippen molar-refractivity contribution in [2.24, 2.45) is 5.10 Å². The van der Waals surface area contributed by atoms with Crippen molar-refractivity contribution in [3.05, 3.63) is 59.7 Å². The molecule has 0 aliphatic rings. The first-order chi connectivity index (χ1) is 12.1. The summed E-state index contributed by atoms with van der Waals surface area (Å²) in [6.07, 6.45) is 1.44. The molecule has 8 heteroatoms. The van der Waals surface area contributed by atoms with Gasteiger partial charge in [0.15, 0.2) is 5.58 Å². The summed E-state index contributed by atoms with van der Waals surface area (Å²) in [5.41, 5.74) is 4.68. The van der Waals surface area contributed by atoms with Crippen LogP contribution in [-0.4, -0.2) is 33.9 Å². The van der Waals surface area contributed by atoms with Gasteiger partial charge >= 0.3 is 5.97 Å². The zero-order valence-electron chi connectivity index (χ0n) is 12.9. The van der Waals surface area contributed by atoms with Gasteiger partial charge in [-0.2, -0.15) is 5.10 Å². The van der Waals surface area contributed by atoms with E-state index in [0.717, 1.165) is 5.52 Å². The van der Waals surface area contributed by atoms with Crippen LogP contribution in [0.15, 0.2) is 63.3 Å². The summed E-state index contributed by atoms with van der Waals surface area (Å²) in [5.74, 6) is -1.18. The maximum atomic E-state index is 11.8. The van der Waals surface area contributed by atoms with Crippen molar-refractivity contribution in [2.45, 2.75) is 5.22 Å². The molecule has 0 saturated carbocycles. The van der Waals surface area contributed by atoms with Gasteiger partial charge in [-0.25, -0.2) is 15.2 Å². The smallest absolute Gasteiger partial charge is 0.335 e. The number of aromatic carboxylic acids is 1. The second kappa shape index (κ2) is 7.63. The second-order valence-corrected chi connectivity index (χ2v) is 5.88. The minimum atomic E-state index is -0.993. The number of amides is 1. The van der Waals surface area contributed by atoms with Crippen molar-refractivity contribution in [3.8, 4) is 0 Å². The summed E-state index contributed by atoms with van der Waals surface area (Å²) in [7, 11) is 0. The normalized spacial score (nSPS) is 11.0. The van der Waals surface area contributed by atoms with E-state index in [4.69, 9.17) is 9.52 Å². The Morgan fingerprint density at radius 1 is 1.20 bits per heavy atom. The number of carboxylic acids is 1. The number of nitrogens with zero attached hydrogens (tertiary/aromatic N) is 2. The first-order valence-electron chi connectivity index (χ1n) is 7.25. The lowest BCUT2D eigenvalue weighted by atomic mass is 10.1. The Kier molecular flexibility index (Phi) is 5.10. The number of hydrogen-bond acceptors (Lipinski definition) is 6. The first-order valence-corrected chi connectivity index (χ1v) is 8.24. The monoisotopic (exact) mass is 355 g/mol. The van der Waals surface area contributed by atoms with E-state index in [1.807, 2.05) is 24.3 Å². The molecule has 1 heterocycles. The maximum Gasteiger partial charge on any atom is 0.335 e. The van der Waals surface area contributed by atoms with Crippen molar-refractivity contribution >= 4 is 41.0 Å². The molecule has 126 valence electrons. The van der Waals surface area contributed by atoms with Gasteiger partial charge in [-0.1, -0.05) is 36.0 Å². The number of carbonyl (C=O) groups excluding carboxylic acids is 1. The number of hydrogen-bond donors (Lipinski definition) is 2. The van der Waals surface area contributed by atoms with E-state index in [1.165, 1.54) is 30.1 Å². The molecule has 7 nitrogen and oxygen atoms in total. The zero-order chi connectivity index (χ0) is 17.6. The molecule has 1 amide bonds. The van der Waals surface area contributed by atoms with Gasteiger partial charge in [0.25, 0.3) is 11.1 Å². The van der Waals surface area contributed by atoms with E-state index < -0.39 is 5.97 Å². The number of benzene rings is 2. The second-order valence-electron chi connectivity index (χ2n) is 4.96. The molecule has 0 spiro atoms. The predicted octanol–water partition coefficient (Wildman–Crippen LogP) is 2.77. The van der Waals surface area contributed by atoms with Crippen LogP contribution in [0.5, 0.6) is 0 Å². The number of carboxylic acid groups (broad SMARTS) is 1. The van der Waals surface area contributed by atoms with E-state index in [2.05, 4.69) is 15.5 Å². The molecule has 0 radical (unpaired) electrons. The number of carbonyl (C=O) groups is 2. The van der Waals surface area contributed by atoms with Gasteiger partial charge in [-0.15, -0.1) is 0 Å². The van der Waals surface area contributed by atoms with Gasteiger partial charge in [0.05, 0.1) is 17.5 Å². The summed E-state index contributed by atoms with van der Waals surface area (Å²) in [5, 5.41) is 13.1. The fourth-order valence-electron chi connectivity index (χ4n) is 1.96. The summed E-state index contributed by atoms with van der Waals surface area (Å²) < 4.78 is 5.51. The van der Waals surface area contributed by atoms with Crippen molar-refractivity contribution in [3.63, 3.8) is 0 Å². The standard InChI is InChI=1S/C17H13N3O4S/c21-15(10-25-17-19-13-3-1-2-4-14(13)24-17)20-18-9-11-5-7-12(8-6-11)16(22)23/h1-9H,10H2,(H,20,21)(H,22,23)/b18-9-. The van der Waals surface area contributed by atoms with Crippen molar-refractivity contribution in [1.82, 2.24) is 10.4 Å². The molecular formula is C17H13N3O4S. The van der Waals surface area contributed by atoms with Crippen LogP contribution in [0.2, 0.25) is 0 Å². The number of aromatic nitrogens is 1. The van der Waals surface area contributed by atoms with Crippen LogP contribution in [0.25, 0.3) is 11.1 Å². The molecule has 0 aliphatic heterocycles. The van der Waals surface area contributed by atoms with Crippen LogP contribution in [0.3, 0.4) is 0 Å². The molecule has 1 aromatic heterocycles. The van der Waals surface area contributed by atoms with Crippen LogP contribution in [0.4, 0.5) is 0 Å². The van der Waals surface area contributed by atoms with Crippen LogP contribution in [-0.2, 0) is 4.79 Å². The Labute approximate surface area is 146 Å². The molecule has 3 aromatic rings. The summed E-state index contributed by atoms with van der Waals surface area (Å²) in [6.45, 7) is 0. The van der Waals surface area contributed by atoms with Crippen molar-refractivity contribution < 1.29 is 19.1 Å². The van der Waals surface area contributed by atoms with Crippen LogP contribution >= 0.6 is 11.8 Å². The van der Waals surface area contributed by atoms with E-state index in [-0.39, 0.29) is 17.2 Å². The quantitative estimate of drug-likeness (QED) is 0.400. The number of fused-ring (bicyclic) bond motifs is 1. The number of para-hydroxylation sites is 2. The minimum Gasteiger partial charge on any atom is -0.478 e. The number of thioether (sulfide) groups is 1. The molecular weight excluding hydrogens is 342 g/mol. The summed E-state index contributed by atoms with van der Waals surface area (Å²) >= 11 is 1.18. The third kappa shape index (κ3) is 4.45. The average molecular weight is 355 g/mol. The number of oxazole rings is 1. The number of hydrazone groups is 1. The lowest BCUT2D eigenvalue weighted by molar-refractivity contribution is -0.118. The fourth-order valence-corrected chi connectivity index (χ4v) is 2.59. The Morgan fingerprint density at radius 3 is 2.68 bits per heavy atom. The molecule has 3 rings (SSSR count). The van der Waals surface area contributed by atoms with Crippen LogP contribution in [0, 0.1) is 0 Å².